The minimum atomic E-state index is -0.119. The predicted octanol–water partition coefficient (Wildman–Crippen LogP) is 3.33. The summed E-state index contributed by atoms with van der Waals surface area (Å²) in [5.41, 5.74) is 2.65. The fraction of sp³-hybridized carbons (Fsp3) is 0.316. The molecule has 1 aromatic carbocycles. The molecule has 0 saturated carbocycles. The van der Waals surface area contributed by atoms with Gasteiger partial charge in [-0.2, -0.15) is 4.57 Å². The van der Waals surface area contributed by atoms with Crippen LogP contribution in [0.1, 0.15) is 49.0 Å². The number of pyridine rings is 1. The molecule has 0 aliphatic carbocycles. The van der Waals surface area contributed by atoms with Crippen molar-refractivity contribution in [2.24, 2.45) is 0 Å². The molecule has 0 aliphatic rings. The maximum Gasteiger partial charge on any atom is 0.290 e. The van der Waals surface area contributed by atoms with Gasteiger partial charge in [0, 0.05) is 11.8 Å². The summed E-state index contributed by atoms with van der Waals surface area (Å²) in [6.07, 6.45) is 4.56. The summed E-state index contributed by atoms with van der Waals surface area (Å²) in [6, 6.07) is 11.5. The Balaban J connectivity index is 1.99. The van der Waals surface area contributed by atoms with Gasteiger partial charge in [-0.05, 0) is 43.0 Å². The Hall–Kier alpha value is -2.49. The highest BCUT2D eigenvalue weighted by Gasteiger charge is 2.12. The lowest BCUT2D eigenvalue weighted by Crippen LogP contribution is -2.40. The number of carbonyl (C=O) groups excluding carboxylic acids is 2. The number of Topliss-reactive ketones (excluding diaryl/α,β-unsaturated/α-hetero) is 1. The van der Waals surface area contributed by atoms with Gasteiger partial charge in [-0.3, -0.25) is 9.59 Å². The Kier molecular flexibility index (Phi) is 5.63. The molecule has 1 heterocycles. The number of nitrogens with one attached hydrogen (secondary N) is 1. The number of hydrogen-bond donors (Lipinski definition) is 1. The van der Waals surface area contributed by atoms with Crippen molar-refractivity contribution in [3.05, 3.63) is 59.9 Å². The van der Waals surface area contributed by atoms with Crippen molar-refractivity contribution in [2.75, 3.05) is 5.32 Å². The van der Waals surface area contributed by atoms with Gasteiger partial charge in [0.2, 0.25) is 6.54 Å². The Morgan fingerprint density at radius 2 is 1.87 bits per heavy atom. The summed E-state index contributed by atoms with van der Waals surface area (Å²) < 4.78 is 1.71. The molecule has 0 aliphatic heterocycles. The number of nitrogens with zero attached hydrogens (tertiary/aromatic N) is 1. The summed E-state index contributed by atoms with van der Waals surface area (Å²) in [5, 5.41) is 2.88. The maximum atomic E-state index is 12.1. The van der Waals surface area contributed by atoms with Crippen LogP contribution in [-0.4, -0.2) is 11.7 Å². The van der Waals surface area contributed by atoms with Crippen LogP contribution in [0.4, 0.5) is 5.69 Å². The molecule has 0 bridgehead atoms. The SMILES string of the molecule is CC[C@H](C)c1ccc(NC(=O)C[n+]2cccc(C(C)=O)c2)cc1. The van der Waals surface area contributed by atoms with Gasteiger partial charge in [0.05, 0.1) is 5.56 Å². The van der Waals surface area contributed by atoms with E-state index < -0.39 is 0 Å². The summed E-state index contributed by atoms with van der Waals surface area (Å²) in [7, 11) is 0. The molecule has 2 rings (SSSR count). The Morgan fingerprint density at radius 1 is 1.17 bits per heavy atom. The van der Waals surface area contributed by atoms with Crippen LogP contribution < -0.4 is 9.88 Å². The van der Waals surface area contributed by atoms with E-state index in [2.05, 4.69) is 19.2 Å². The highest BCUT2D eigenvalue weighted by Crippen LogP contribution is 2.20. The molecule has 1 amide bonds. The van der Waals surface area contributed by atoms with Crippen LogP contribution in [-0.2, 0) is 11.3 Å². The number of anilines is 1. The van der Waals surface area contributed by atoms with Gasteiger partial charge in [-0.25, -0.2) is 0 Å². The largest absolute Gasteiger partial charge is 0.321 e. The van der Waals surface area contributed by atoms with Crippen molar-refractivity contribution in [1.29, 1.82) is 0 Å². The quantitative estimate of drug-likeness (QED) is 0.657. The molecule has 120 valence electrons. The number of ketones is 1. The summed E-state index contributed by atoms with van der Waals surface area (Å²) in [6.45, 7) is 6.03. The van der Waals surface area contributed by atoms with Crippen LogP contribution in [0.5, 0.6) is 0 Å². The van der Waals surface area contributed by atoms with Gasteiger partial charge in [0.15, 0.2) is 18.2 Å². The van der Waals surface area contributed by atoms with Crippen molar-refractivity contribution in [1.82, 2.24) is 0 Å². The number of carbonyl (C=O) groups is 2. The van der Waals surface area contributed by atoms with Crippen LogP contribution in [0.2, 0.25) is 0 Å². The average Bonchev–Trinajstić information content (AvgIpc) is 2.55. The second-order valence-electron chi connectivity index (χ2n) is 5.80. The minimum Gasteiger partial charge on any atom is -0.321 e. The first-order valence-corrected chi connectivity index (χ1v) is 7.89. The molecule has 23 heavy (non-hydrogen) atoms. The molecule has 0 radical (unpaired) electrons. The van der Waals surface area contributed by atoms with Crippen molar-refractivity contribution in [2.45, 2.75) is 39.7 Å². The zero-order chi connectivity index (χ0) is 16.8. The van der Waals surface area contributed by atoms with E-state index in [4.69, 9.17) is 0 Å². The number of rotatable bonds is 6. The molecule has 1 atom stereocenters. The molecule has 0 spiro atoms. The normalized spacial score (nSPS) is 11.8. The van der Waals surface area contributed by atoms with Crippen LogP contribution in [0.25, 0.3) is 0 Å². The van der Waals surface area contributed by atoms with Gasteiger partial charge in [0.1, 0.15) is 0 Å². The van der Waals surface area contributed by atoms with E-state index in [1.54, 1.807) is 29.1 Å². The van der Waals surface area contributed by atoms with Gasteiger partial charge in [-0.1, -0.05) is 26.0 Å². The molecule has 0 saturated heterocycles. The summed E-state index contributed by atoms with van der Waals surface area (Å²) in [4.78, 5) is 23.5. The zero-order valence-electron chi connectivity index (χ0n) is 13.9. The van der Waals surface area contributed by atoms with Gasteiger partial charge < -0.3 is 5.32 Å². The molecule has 0 fully saturated rings. The van der Waals surface area contributed by atoms with E-state index in [0.717, 1.165) is 12.1 Å². The predicted molar refractivity (Wildman–Crippen MR) is 90.4 cm³/mol. The van der Waals surface area contributed by atoms with E-state index in [1.807, 2.05) is 24.3 Å². The number of aromatic nitrogens is 1. The van der Waals surface area contributed by atoms with Crippen LogP contribution in [0.15, 0.2) is 48.8 Å². The average molecular weight is 311 g/mol. The zero-order valence-corrected chi connectivity index (χ0v) is 13.9. The Bertz CT molecular complexity index is 693. The third kappa shape index (κ3) is 4.74. The van der Waals surface area contributed by atoms with E-state index >= 15 is 0 Å². The molecule has 2 aromatic rings. The smallest absolute Gasteiger partial charge is 0.290 e. The highest BCUT2D eigenvalue weighted by atomic mass is 16.2. The minimum absolute atomic E-state index is 0.0135. The number of benzene rings is 1. The third-order valence-corrected chi connectivity index (χ3v) is 3.97. The van der Waals surface area contributed by atoms with Crippen LogP contribution >= 0.6 is 0 Å². The second kappa shape index (κ2) is 7.68. The van der Waals surface area contributed by atoms with E-state index in [-0.39, 0.29) is 18.2 Å². The van der Waals surface area contributed by atoms with Gasteiger partial charge in [0.25, 0.3) is 5.91 Å². The Labute approximate surface area is 137 Å². The second-order valence-corrected chi connectivity index (χ2v) is 5.80. The van der Waals surface area contributed by atoms with Crippen molar-refractivity contribution < 1.29 is 14.2 Å². The standard InChI is InChI=1S/C19H22N2O2/c1-4-14(2)16-7-9-18(10-8-16)20-19(23)13-21-11-5-6-17(12-21)15(3)22/h5-12,14H,4,13H2,1-3H3/p+1/t14-/m0/s1. The first-order chi connectivity index (χ1) is 11.0. The molecular weight excluding hydrogens is 288 g/mol. The maximum absolute atomic E-state index is 12.1. The summed E-state index contributed by atoms with van der Waals surface area (Å²) in [5.74, 6) is 0.386. The van der Waals surface area contributed by atoms with Crippen molar-refractivity contribution in [3.63, 3.8) is 0 Å². The highest BCUT2D eigenvalue weighted by molar-refractivity contribution is 5.93. The number of amides is 1. The number of hydrogen-bond acceptors (Lipinski definition) is 2. The molecule has 0 unspecified atom stereocenters. The topological polar surface area (TPSA) is 50.1 Å². The summed E-state index contributed by atoms with van der Waals surface area (Å²) >= 11 is 0. The fourth-order valence-electron chi connectivity index (χ4n) is 2.33. The lowest BCUT2D eigenvalue weighted by molar-refractivity contribution is -0.684. The fourth-order valence-corrected chi connectivity index (χ4v) is 2.33. The monoisotopic (exact) mass is 311 g/mol. The molecule has 4 heteroatoms. The van der Waals surface area contributed by atoms with Crippen molar-refractivity contribution in [3.8, 4) is 0 Å². The van der Waals surface area contributed by atoms with E-state index in [9.17, 15) is 9.59 Å². The van der Waals surface area contributed by atoms with Crippen LogP contribution in [0, 0.1) is 0 Å². The molecule has 1 aromatic heterocycles. The van der Waals surface area contributed by atoms with Gasteiger partial charge in [-0.15, -0.1) is 0 Å². The lowest BCUT2D eigenvalue weighted by Gasteiger charge is -2.10. The Morgan fingerprint density at radius 3 is 2.48 bits per heavy atom. The van der Waals surface area contributed by atoms with Crippen LogP contribution in [0.3, 0.4) is 0 Å². The van der Waals surface area contributed by atoms with Gasteiger partial charge >= 0.3 is 0 Å². The molecular formula is C19H23N2O2+. The van der Waals surface area contributed by atoms with Crippen molar-refractivity contribution >= 4 is 17.4 Å². The van der Waals surface area contributed by atoms with E-state index in [1.165, 1.54) is 12.5 Å². The first kappa shape index (κ1) is 16.9. The third-order valence-electron chi connectivity index (χ3n) is 3.97. The first-order valence-electron chi connectivity index (χ1n) is 7.89. The van der Waals surface area contributed by atoms with E-state index in [0.29, 0.717) is 11.5 Å². The lowest BCUT2D eigenvalue weighted by atomic mass is 9.99. The molecule has 1 N–H and O–H groups in total. The molecule has 4 nitrogen and oxygen atoms in total.